The van der Waals surface area contributed by atoms with E-state index in [4.69, 9.17) is 14.8 Å². The highest BCUT2D eigenvalue weighted by molar-refractivity contribution is 5.79. The van der Waals surface area contributed by atoms with Crippen molar-refractivity contribution in [1.82, 2.24) is 14.6 Å². The van der Waals surface area contributed by atoms with E-state index in [1.54, 1.807) is 4.52 Å². The Morgan fingerprint density at radius 1 is 1.13 bits per heavy atom. The molecular formula is C24H30N4O3. The van der Waals surface area contributed by atoms with Crippen molar-refractivity contribution in [3.05, 3.63) is 47.7 Å². The highest BCUT2D eigenvalue weighted by atomic mass is 16.5. The van der Waals surface area contributed by atoms with Gasteiger partial charge in [-0.1, -0.05) is 30.3 Å². The number of rotatable bonds is 5. The number of anilines is 1. The number of nitrogens with zero attached hydrogens (tertiary/aromatic N) is 4. The molecule has 31 heavy (non-hydrogen) atoms. The smallest absolute Gasteiger partial charge is 0.337 e. The number of hydrogen-bond donors (Lipinski definition) is 1. The van der Waals surface area contributed by atoms with E-state index in [2.05, 4.69) is 4.90 Å². The van der Waals surface area contributed by atoms with Gasteiger partial charge in [-0.2, -0.15) is 9.61 Å². The number of ether oxygens (including phenoxy) is 1. The molecule has 4 rings (SSSR count). The summed E-state index contributed by atoms with van der Waals surface area (Å²) in [6.45, 7) is 9.17. The van der Waals surface area contributed by atoms with Gasteiger partial charge in [0.2, 0.25) is 0 Å². The Bertz CT molecular complexity index is 1080. The summed E-state index contributed by atoms with van der Waals surface area (Å²) < 4.78 is 7.83. The van der Waals surface area contributed by atoms with Crippen LogP contribution in [0.4, 0.5) is 5.82 Å². The number of piperidine rings is 1. The molecule has 3 aromatic rings. The molecule has 0 radical (unpaired) electrons. The van der Waals surface area contributed by atoms with Crippen molar-refractivity contribution in [2.45, 2.75) is 58.7 Å². The largest absolute Gasteiger partial charge is 0.479 e. The lowest BCUT2D eigenvalue weighted by Gasteiger charge is -2.33. The normalized spacial score (nSPS) is 15.9. The van der Waals surface area contributed by atoms with Crippen LogP contribution in [0.5, 0.6) is 0 Å². The van der Waals surface area contributed by atoms with Crippen molar-refractivity contribution >= 4 is 17.4 Å². The van der Waals surface area contributed by atoms with Crippen LogP contribution in [-0.2, 0) is 9.53 Å². The number of aliphatic carboxylic acids is 1. The topological polar surface area (TPSA) is 80.0 Å². The van der Waals surface area contributed by atoms with Gasteiger partial charge < -0.3 is 14.7 Å². The number of aromatic nitrogens is 3. The third-order valence-electron chi connectivity index (χ3n) is 5.49. The maximum atomic E-state index is 12.3. The zero-order valence-electron chi connectivity index (χ0n) is 18.6. The maximum absolute atomic E-state index is 12.3. The Kier molecular flexibility index (Phi) is 5.71. The summed E-state index contributed by atoms with van der Waals surface area (Å²) in [4.78, 5) is 19.3. The minimum Gasteiger partial charge on any atom is -0.479 e. The Morgan fingerprint density at radius 2 is 1.81 bits per heavy atom. The van der Waals surface area contributed by atoms with Gasteiger partial charge in [0.25, 0.3) is 0 Å². The minimum absolute atomic E-state index is 0.583. The zero-order chi connectivity index (χ0) is 22.2. The quantitative estimate of drug-likeness (QED) is 0.645. The number of carboxylic acid groups (broad SMARTS) is 1. The minimum atomic E-state index is -1.13. The Balaban J connectivity index is 1.95. The summed E-state index contributed by atoms with van der Waals surface area (Å²) >= 11 is 0. The highest BCUT2D eigenvalue weighted by Gasteiger charge is 2.34. The number of fused-ring (bicyclic) bond motifs is 1. The second-order valence-electron chi connectivity index (χ2n) is 9.10. The molecule has 0 spiro atoms. The van der Waals surface area contributed by atoms with Crippen LogP contribution in [-0.4, -0.2) is 44.4 Å². The first kappa shape index (κ1) is 21.3. The molecular weight excluding hydrogens is 392 g/mol. The molecule has 0 saturated carbocycles. The summed E-state index contributed by atoms with van der Waals surface area (Å²) in [7, 11) is 0. The molecule has 1 fully saturated rings. The van der Waals surface area contributed by atoms with Crippen molar-refractivity contribution in [1.29, 1.82) is 0 Å². The average molecular weight is 423 g/mol. The molecule has 1 unspecified atom stereocenters. The van der Waals surface area contributed by atoms with Gasteiger partial charge in [0, 0.05) is 30.4 Å². The standard InChI is InChI=1S/C24H30N4O3/c1-16-20(21(23(29)30)31-24(2,3)4)22(27-13-9-6-10-14-27)28-19(25-16)15-18(26-28)17-11-7-5-8-12-17/h5,7-8,11-12,15,21H,6,9-10,13-14H2,1-4H3,(H,29,30). The lowest BCUT2D eigenvalue weighted by atomic mass is 10.0. The summed E-state index contributed by atoms with van der Waals surface area (Å²) in [5.41, 5.74) is 3.14. The molecule has 0 bridgehead atoms. The van der Waals surface area contributed by atoms with Crippen molar-refractivity contribution in [2.24, 2.45) is 0 Å². The average Bonchev–Trinajstić information content (AvgIpc) is 3.15. The number of benzene rings is 1. The SMILES string of the molecule is Cc1nc2cc(-c3ccccc3)nn2c(N2CCCCC2)c1C(OC(C)(C)C)C(=O)O. The summed E-state index contributed by atoms with van der Waals surface area (Å²) in [5, 5.41) is 15.0. The van der Waals surface area contributed by atoms with Crippen LogP contribution < -0.4 is 4.90 Å². The molecule has 1 aromatic carbocycles. The third-order valence-corrected chi connectivity index (χ3v) is 5.49. The predicted octanol–water partition coefficient (Wildman–Crippen LogP) is 4.64. The summed E-state index contributed by atoms with van der Waals surface area (Å²) in [6.07, 6.45) is 2.17. The van der Waals surface area contributed by atoms with Crippen molar-refractivity contribution < 1.29 is 14.6 Å². The molecule has 2 aromatic heterocycles. The van der Waals surface area contributed by atoms with Crippen molar-refractivity contribution in [3.63, 3.8) is 0 Å². The van der Waals surface area contributed by atoms with E-state index in [1.165, 1.54) is 6.42 Å². The van der Waals surface area contributed by atoms with Gasteiger partial charge >= 0.3 is 5.97 Å². The number of aryl methyl sites for hydroxylation is 1. The second-order valence-corrected chi connectivity index (χ2v) is 9.10. The lowest BCUT2D eigenvalue weighted by molar-refractivity contribution is -0.160. The predicted molar refractivity (Wildman–Crippen MR) is 120 cm³/mol. The van der Waals surface area contributed by atoms with Crippen LogP contribution in [0.3, 0.4) is 0 Å². The first-order chi connectivity index (χ1) is 14.7. The van der Waals surface area contributed by atoms with Gasteiger partial charge in [-0.05, 0) is 47.0 Å². The first-order valence-electron chi connectivity index (χ1n) is 10.9. The maximum Gasteiger partial charge on any atom is 0.337 e. The van der Waals surface area contributed by atoms with Gasteiger partial charge in [0.05, 0.1) is 16.9 Å². The van der Waals surface area contributed by atoms with Gasteiger partial charge in [0.1, 0.15) is 5.82 Å². The first-order valence-corrected chi connectivity index (χ1v) is 10.9. The fourth-order valence-corrected chi connectivity index (χ4v) is 4.17. The highest BCUT2D eigenvalue weighted by Crippen LogP contribution is 2.36. The van der Waals surface area contributed by atoms with Crippen LogP contribution in [0.15, 0.2) is 36.4 Å². The molecule has 0 aliphatic carbocycles. The van der Waals surface area contributed by atoms with Gasteiger partial charge in [-0.15, -0.1) is 0 Å². The zero-order valence-corrected chi connectivity index (χ0v) is 18.6. The molecule has 164 valence electrons. The molecule has 0 amide bonds. The molecule has 7 heteroatoms. The van der Waals surface area contributed by atoms with E-state index in [1.807, 2.05) is 64.1 Å². The van der Waals surface area contributed by atoms with Crippen LogP contribution in [0.2, 0.25) is 0 Å². The van der Waals surface area contributed by atoms with E-state index < -0.39 is 17.7 Å². The van der Waals surface area contributed by atoms with Crippen molar-refractivity contribution in [3.8, 4) is 11.3 Å². The summed E-state index contributed by atoms with van der Waals surface area (Å²) in [6, 6.07) is 11.9. The molecule has 1 aliphatic heterocycles. The molecule has 1 atom stereocenters. The lowest BCUT2D eigenvalue weighted by Crippen LogP contribution is -2.35. The van der Waals surface area contributed by atoms with Crippen LogP contribution in [0.25, 0.3) is 16.9 Å². The van der Waals surface area contributed by atoms with E-state index in [0.29, 0.717) is 16.9 Å². The fourth-order valence-electron chi connectivity index (χ4n) is 4.17. The van der Waals surface area contributed by atoms with Crippen LogP contribution >= 0.6 is 0 Å². The van der Waals surface area contributed by atoms with Gasteiger partial charge in [-0.3, -0.25) is 0 Å². The fraction of sp³-hybridized carbons (Fsp3) is 0.458. The third kappa shape index (κ3) is 4.42. The van der Waals surface area contributed by atoms with E-state index in [0.717, 1.165) is 43.0 Å². The number of hydrogen-bond acceptors (Lipinski definition) is 5. The molecule has 3 heterocycles. The van der Waals surface area contributed by atoms with Gasteiger partial charge in [0.15, 0.2) is 11.8 Å². The number of carbonyl (C=O) groups is 1. The Morgan fingerprint density at radius 3 is 2.42 bits per heavy atom. The second kappa shape index (κ2) is 8.30. The van der Waals surface area contributed by atoms with E-state index in [-0.39, 0.29) is 0 Å². The molecule has 1 N–H and O–H groups in total. The monoisotopic (exact) mass is 422 g/mol. The van der Waals surface area contributed by atoms with Crippen LogP contribution in [0.1, 0.15) is 57.4 Å². The van der Waals surface area contributed by atoms with E-state index in [9.17, 15) is 9.90 Å². The molecule has 1 saturated heterocycles. The van der Waals surface area contributed by atoms with E-state index >= 15 is 0 Å². The Hall–Kier alpha value is -2.93. The van der Waals surface area contributed by atoms with Crippen molar-refractivity contribution in [2.75, 3.05) is 18.0 Å². The van der Waals surface area contributed by atoms with Crippen LogP contribution in [0, 0.1) is 6.92 Å². The molecule has 7 nitrogen and oxygen atoms in total. The summed E-state index contributed by atoms with van der Waals surface area (Å²) in [5.74, 6) is -0.242. The van der Waals surface area contributed by atoms with Gasteiger partial charge in [-0.25, -0.2) is 9.78 Å². The molecule has 1 aliphatic rings. The Labute approximate surface area is 182 Å². The number of carboxylic acids is 1.